The van der Waals surface area contributed by atoms with Crippen LogP contribution in [-0.2, 0) is 11.4 Å². The molecule has 170 valence electrons. The third kappa shape index (κ3) is 4.75. The predicted molar refractivity (Wildman–Crippen MR) is 123 cm³/mol. The summed E-state index contributed by atoms with van der Waals surface area (Å²) < 4.78 is 9.51. The van der Waals surface area contributed by atoms with Crippen molar-refractivity contribution in [3.05, 3.63) is 49.8 Å². The molecule has 0 aliphatic carbocycles. The second-order valence-corrected chi connectivity index (χ2v) is 9.21. The van der Waals surface area contributed by atoms with Crippen LogP contribution in [0.15, 0.2) is 16.7 Å². The number of ether oxygens (including phenoxy) is 1. The van der Waals surface area contributed by atoms with Crippen LogP contribution in [0.5, 0.6) is 0 Å². The van der Waals surface area contributed by atoms with E-state index in [4.69, 9.17) is 10.5 Å². The lowest BCUT2D eigenvalue weighted by atomic mass is 10.1. The Bertz CT molecular complexity index is 1210. The number of aryl methyl sites for hydroxylation is 1. The van der Waals surface area contributed by atoms with E-state index in [2.05, 4.69) is 31.4 Å². The van der Waals surface area contributed by atoms with Gasteiger partial charge in [-0.05, 0) is 62.2 Å². The molecule has 3 N–H and O–H groups in total. The minimum absolute atomic E-state index is 0.109. The minimum Gasteiger partial charge on any atom is -0.459 e. The van der Waals surface area contributed by atoms with Crippen LogP contribution in [0.25, 0.3) is 0 Å². The van der Waals surface area contributed by atoms with Gasteiger partial charge in [0.05, 0.1) is 32.4 Å². The van der Waals surface area contributed by atoms with Gasteiger partial charge in [0, 0.05) is 6.20 Å². The molecule has 0 unspecified atom stereocenters. The maximum absolute atomic E-state index is 12.8. The number of halogens is 1. The second kappa shape index (κ2) is 9.25. The second-order valence-electron chi connectivity index (χ2n) is 7.40. The molecule has 0 saturated carbocycles. The SMILES string of the molecule is Cc1nn(Cn2ccc(C(=O)Nc3sc(C(N)=O)c(C)c3C(=O)OC(C)C)n2)c(C)c1Br. The Morgan fingerprint density at radius 2 is 1.94 bits per heavy atom. The highest BCUT2D eigenvalue weighted by Crippen LogP contribution is 2.34. The molecule has 0 radical (unpaired) electrons. The monoisotopic (exact) mass is 522 g/mol. The summed E-state index contributed by atoms with van der Waals surface area (Å²) >= 11 is 4.41. The Hall–Kier alpha value is -2.99. The molecule has 32 heavy (non-hydrogen) atoms. The lowest BCUT2D eigenvalue weighted by molar-refractivity contribution is 0.0379. The molecule has 10 nitrogen and oxygen atoms in total. The van der Waals surface area contributed by atoms with Gasteiger partial charge in [-0.3, -0.25) is 14.3 Å². The number of nitrogens with one attached hydrogen (secondary N) is 1. The molecule has 0 saturated heterocycles. The maximum Gasteiger partial charge on any atom is 0.341 e. The van der Waals surface area contributed by atoms with Crippen LogP contribution in [-0.4, -0.2) is 43.4 Å². The van der Waals surface area contributed by atoms with Crippen molar-refractivity contribution in [1.29, 1.82) is 0 Å². The highest BCUT2D eigenvalue weighted by Gasteiger charge is 2.27. The van der Waals surface area contributed by atoms with Crippen LogP contribution in [0.3, 0.4) is 0 Å². The van der Waals surface area contributed by atoms with E-state index >= 15 is 0 Å². The summed E-state index contributed by atoms with van der Waals surface area (Å²) in [6.45, 7) is 9.14. The molecular weight excluding hydrogens is 500 g/mol. The molecule has 0 spiro atoms. The van der Waals surface area contributed by atoms with Crippen LogP contribution in [0.1, 0.15) is 61.3 Å². The predicted octanol–water partition coefficient (Wildman–Crippen LogP) is 3.25. The molecule has 0 atom stereocenters. The Morgan fingerprint density at radius 1 is 1.25 bits per heavy atom. The van der Waals surface area contributed by atoms with E-state index in [1.165, 1.54) is 0 Å². The van der Waals surface area contributed by atoms with Crippen molar-refractivity contribution >= 4 is 50.1 Å². The summed E-state index contributed by atoms with van der Waals surface area (Å²) in [4.78, 5) is 37.3. The fourth-order valence-corrected chi connectivity index (χ4v) is 4.36. The lowest BCUT2D eigenvalue weighted by Crippen LogP contribution is -2.18. The zero-order chi connectivity index (χ0) is 23.7. The highest BCUT2D eigenvalue weighted by molar-refractivity contribution is 9.10. The van der Waals surface area contributed by atoms with Crippen molar-refractivity contribution in [3.63, 3.8) is 0 Å². The first-order valence-corrected chi connectivity index (χ1v) is 11.3. The van der Waals surface area contributed by atoms with E-state index in [1.54, 1.807) is 42.4 Å². The molecule has 3 heterocycles. The molecule has 0 bridgehead atoms. The molecule has 0 fully saturated rings. The lowest BCUT2D eigenvalue weighted by Gasteiger charge is -2.10. The standard InChI is InChI=1S/C20H23BrN6O4S/c1-9(2)31-20(30)14-10(3)16(17(22)28)32-19(14)23-18(29)13-6-7-26(25-13)8-27-12(5)15(21)11(4)24-27/h6-7,9H,8H2,1-5H3,(H2,22,28)(H,23,29). The van der Waals surface area contributed by atoms with Gasteiger partial charge in [-0.15, -0.1) is 11.3 Å². The first kappa shape index (κ1) is 23.7. The number of hydrogen-bond donors (Lipinski definition) is 2. The Balaban J connectivity index is 1.84. The van der Waals surface area contributed by atoms with Crippen LogP contribution in [0, 0.1) is 20.8 Å². The van der Waals surface area contributed by atoms with E-state index in [1.807, 2.05) is 13.8 Å². The van der Waals surface area contributed by atoms with Crippen molar-refractivity contribution in [2.75, 3.05) is 5.32 Å². The summed E-state index contributed by atoms with van der Waals surface area (Å²) in [5.41, 5.74) is 7.82. The summed E-state index contributed by atoms with van der Waals surface area (Å²) in [5, 5.41) is 11.6. The Labute approximate surface area is 196 Å². The van der Waals surface area contributed by atoms with Crippen LogP contribution >= 0.6 is 27.3 Å². The fourth-order valence-electron chi connectivity index (χ4n) is 3.03. The number of carbonyl (C=O) groups is 3. The summed E-state index contributed by atoms with van der Waals surface area (Å²) in [6.07, 6.45) is 1.29. The van der Waals surface area contributed by atoms with Gasteiger partial charge in [0.1, 0.15) is 11.7 Å². The zero-order valence-electron chi connectivity index (χ0n) is 18.2. The summed E-state index contributed by atoms with van der Waals surface area (Å²) in [7, 11) is 0. The van der Waals surface area contributed by atoms with Gasteiger partial charge in [0.15, 0.2) is 5.69 Å². The molecule has 0 aliphatic rings. The number of nitrogens with zero attached hydrogens (tertiary/aromatic N) is 4. The van der Waals surface area contributed by atoms with Gasteiger partial charge < -0.3 is 15.8 Å². The molecule has 12 heteroatoms. The maximum atomic E-state index is 12.8. The topological polar surface area (TPSA) is 134 Å². The number of rotatable bonds is 7. The van der Waals surface area contributed by atoms with E-state index in [-0.39, 0.29) is 27.2 Å². The largest absolute Gasteiger partial charge is 0.459 e. The number of carbonyl (C=O) groups excluding carboxylic acids is 3. The van der Waals surface area contributed by atoms with Crippen molar-refractivity contribution in [1.82, 2.24) is 19.6 Å². The molecule has 2 amide bonds. The van der Waals surface area contributed by atoms with Gasteiger partial charge >= 0.3 is 5.97 Å². The van der Waals surface area contributed by atoms with E-state index in [0.29, 0.717) is 12.2 Å². The number of esters is 1. The van der Waals surface area contributed by atoms with E-state index in [9.17, 15) is 14.4 Å². The fraction of sp³-hybridized carbons (Fsp3) is 0.350. The van der Waals surface area contributed by atoms with Crippen molar-refractivity contribution in [2.24, 2.45) is 5.73 Å². The molecule has 3 aromatic heterocycles. The van der Waals surface area contributed by atoms with Crippen LogP contribution in [0.2, 0.25) is 0 Å². The zero-order valence-corrected chi connectivity index (χ0v) is 20.6. The van der Waals surface area contributed by atoms with Gasteiger partial charge in [-0.25, -0.2) is 9.48 Å². The minimum atomic E-state index is -0.688. The average molecular weight is 523 g/mol. The van der Waals surface area contributed by atoms with Gasteiger partial charge in [0.25, 0.3) is 11.8 Å². The van der Waals surface area contributed by atoms with E-state index in [0.717, 1.165) is 27.2 Å². The smallest absolute Gasteiger partial charge is 0.341 e. The first-order valence-electron chi connectivity index (χ1n) is 9.68. The first-order chi connectivity index (χ1) is 15.0. The molecular formula is C20H23BrN6O4S. The molecule has 0 aliphatic heterocycles. The van der Waals surface area contributed by atoms with Crippen molar-refractivity contribution in [2.45, 2.75) is 47.4 Å². The summed E-state index contributed by atoms with van der Waals surface area (Å²) in [6, 6.07) is 1.55. The highest BCUT2D eigenvalue weighted by atomic mass is 79.9. The van der Waals surface area contributed by atoms with Gasteiger partial charge in [-0.2, -0.15) is 10.2 Å². The third-order valence-corrected chi connectivity index (χ3v) is 6.96. The Kier molecular flexibility index (Phi) is 6.84. The number of anilines is 1. The quantitative estimate of drug-likeness (QED) is 0.457. The number of nitrogens with two attached hydrogens (primary N) is 1. The number of primary amides is 1. The number of aromatic nitrogens is 4. The number of amides is 2. The number of hydrogen-bond acceptors (Lipinski definition) is 7. The average Bonchev–Trinajstić information content (AvgIpc) is 3.35. The van der Waals surface area contributed by atoms with Gasteiger partial charge in [-0.1, -0.05) is 0 Å². The number of thiophene rings is 1. The summed E-state index contributed by atoms with van der Waals surface area (Å²) in [5.74, 6) is -1.86. The molecule has 3 aromatic rings. The molecule has 3 rings (SSSR count). The van der Waals surface area contributed by atoms with Crippen LogP contribution < -0.4 is 11.1 Å². The van der Waals surface area contributed by atoms with E-state index < -0.39 is 17.8 Å². The van der Waals surface area contributed by atoms with Gasteiger partial charge in [0.2, 0.25) is 0 Å². The Morgan fingerprint density at radius 3 is 2.50 bits per heavy atom. The normalized spacial score (nSPS) is 11.1. The molecule has 0 aromatic carbocycles. The van der Waals surface area contributed by atoms with Crippen molar-refractivity contribution < 1.29 is 19.1 Å². The third-order valence-electron chi connectivity index (χ3n) is 4.59. The van der Waals surface area contributed by atoms with Crippen LogP contribution in [0.4, 0.5) is 5.00 Å². The van der Waals surface area contributed by atoms with Crippen molar-refractivity contribution in [3.8, 4) is 0 Å².